The van der Waals surface area contributed by atoms with E-state index in [1.54, 1.807) is 21.3 Å². The summed E-state index contributed by atoms with van der Waals surface area (Å²) in [4.78, 5) is 12.4. The number of hydrogen-bond donors (Lipinski definition) is 2. The molecule has 1 saturated heterocycles. The Balaban J connectivity index is 2.06. The first-order valence-electron chi connectivity index (χ1n) is 7.89. The Kier molecular flexibility index (Phi) is 6.10. The standard InChI is InChI=1S/C17H26N2O4/c1-11-9-12(7-8-18-11)17(20)19-10-13-5-6-14(21-2)16(23-4)15(13)22-3/h5-6,11-12,18H,7-10H2,1-4H3,(H,19,20)/t11-,12-/m0/s1. The predicted octanol–water partition coefficient (Wildman–Crippen LogP) is 1.72. The van der Waals surface area contributed by atoms with Crippen molar-refractivity contribution in [2.75, 3.05) is 27.9 Å². The van der Waals surface area contributed by atoms with Crippen molar-refractivity contribution in [1.82, 2.24) is 10.6 Å². The number of rotatable bonds is 6. The molecule has 128 valence electrons. The van der Waals surface area contributed by atoms with E-state index in [0.717, 1.165) is 24.9 Å². The minimum atomic E-state index is 0.0670. The van der Waals surface area contributed by atoms with Crippen LogP contribution in [0.3, 0.4) is 0 Å². The first kappa shape index (κ1) is 17.4. The molecule has 0 spiro atoms. The van der Waals surface area contributed by atoms with Crippen LogP contribution in [0.4, 0.5) is 0 Å². The molecular formula is C17H26N2O4. The number of piperidine rings is 1. The highest BCUT2D eigenvalue weighted by Gasteiger charge is 2.25. The second-order valence-corrected chi connectivity index (χ2v) is 5.79. The van der Waals surface area contributed by atoms with Gasteiger partial charge in [0.15, 0.2) is 11.5 Å². The molecule has 1 aliphatic heterocycles. The zero-order chi connectivity index (χ0) is 16.8. The van der Waals surface area contributed by atoms with E-state index in [1.165, 1.54) is 0 Å². The maximum atomic E-state index is 12.4. The van der Waals surface area contributed by atoms with Gasteiger partial charge in [0.1, 0.15) is 0 Å². The van der Waals surface area contributed by atoms with Crippen LogP contribution < -0.4 is 24.8 Å². The van der Waals surface area contributed by atoms with Gasteiger partial charge in [0, 0.05) is 24.1 Å². The molecule has 0 bridgehead atoms. The van der Waals surface area contributed by atoms with Crippen LogP contribution in [0.1, 0.15) is 25.3 Å². The summed E-state index contributed by atoms with van der Waals surface area (Å²) >= 11 is 0. The fourth-order valence-corrected chi connectivity index (χ4v) is 3.00. The average Bonchev–Trinajstić information content (AvgIpc) is 2.58. The Morgan fingerprint density at radius 3 is 2.57 bits per heavy atom. The fraction of sp³-hybridized carbons (Fsp3) is 0.588. The molecule has 23 heavy (non-hydrogen) atoms. The normalized spacial score (nSPS) is 20.7. The van der Waals surface area contributed by atoms with Gasteiger partial charge < -0.3 is 24.8 Å². The number of nitrogens with one attached hydrogen (secondary N) is 2. The lowest BCUT2D eigenvalue weighted by molar-refractivity contribution is -0.126. The van der Waals surface area contributed by atoms with Gasteiger partial charge in [-0.15, -0.1) is 0 Å². The van der Waals surface area contributed by atoms with Gasteiger partial charge in [-0.3, -0.25) is 4.79 Å². The van der Waals surface area contributed by atoms with Crippen LogP contribution in [-0.4, -0.2) is 39.8 Å². The van der Waals surface area contributed by atoms with Crippen molar-refractivity contribution < 1.29 is 19.0 Å². The molecule has 1 aromatic rings. The van der Waals surface area contributed by atoms with Gasteiger partial charge in [-0.25, -0.2) is 0 Å². The van der Waals surface area contributed by atoms with E-state index in [0.29, 0.717) is 29.8 Å². The Bertz CT molecular complexity index is 548. The molecule has 0 aliphatic carbocycles. The molecule has 1 aliphatic rings. The summed E-state index contributed by atoms with van der Waals surface area (Å²) in [6, 6.07) is 4.08. The number of ether oxygens (including phenoxy) is 3. The first-order chi connectivity index (χ1) is 11.1. The van der Waals surface area contributed by atoms with E-state index in [9.17, 15) is 4.79 Å². The van der Waals surface area contributed by atoms with Gasteiger partial charge in [0.25, 0.3) is 0 Å². The number of hydrogen-bond acceptors (Lipinski definition) is 5. The molecule has 0 unspecified atom stereocenters. The van der Waals surface area contributed by atoms with Gasteiger partial charge in [-0.2, -0.15) is 0 Å². The highest BCUT2D eigenvalue weighted by atomic mass is 16.5. The summed E-state index contributed by atoms with van der Waals surface area (Å²) < 4.78 is 16.1. The predicted molar refractivity (Wildman–Crippen MR) is 88.1 cm³/mol. The molecule has 0 saturated carbocycles. The molecule has 2 atom stereocenters. The van der Waals surface area contributed by atoms with Gasteiger partial charge >= 0.3 is 0 Å². The number of benzene rings is 1. The molecule has 2 rings (SSSR count). The molecule has 2 N–H and O–H groups in total. The monoisotopic (exact) mass is 322 g/mol. The third kappa shape index (κ3) is 4.07. The molecule has 1 heterocycles. The van der Waals surface area contributed by atoms with Gasteiger partial charge in [-0.05, 0) is 38.4 Å². The summed E-state index contributed by atoms with van der Waals surface area (Å²) in [5, 5.41) is 6.37. The van der Waals surface area contributed by atoms with Crippen molar-refractivity contribution in [3.05, 3.63) is 17.7 Å². The Labute approximate surface area is 137 Å². The highest BCUT2D eigenvalue weighted by molar-refractivity contribution is 5.79. The molecule has 1 amide bonds. The average molecular weight is 322 g/mol. The maximum absolute atomic E-state index is 12.4. The Morgan fingerprint density at radius 1 is 1.22 bits per heavy atom. The van der Waals surface area contributed by atoms with Crippen LogP contribution in [0.5, 0.6) is 17.2 Å². The molecule has 0 aromatic heterocycles. The summed E-state index contributed by atoms with van der Waals surface area (Å²) in [5.41, 5.74) is 0.862. The minimum Gasteiger partial charge on any atom is -0.493 e. The topological polar surface area (TPSA) is 68.8 Å². The summed E-state index contributed by atoms with van der Waals surface area (Å²) in [6.07, 6.45) is 1.74. The van der Waals surface area contributed by atoms with Crippen LogP contribution in [0.2, 0.25) is 0 Å². The second-order valence-electron chi connectivity index (χ2n) is 5.79. The SMILES string of the molecule is COc1ccc(CNC(=O)[C@H]2CCN[C@@H](C)C2)c(OC)c1OC. The molecule has 1 aromatic carbocycles. The maximum Gasteiger partial charge on any atom is 0.223 e. The van der Waals surface area contributed by atoms with Gasteiger partial charge in [-0.1, -0.05) is 0 Å². The third-order valence-corrected chi connectivity index (χ3v) is 4.23. The Morgan fingerprint density at radius 2 is 1.96 bits per heavy atom. The lowest BCUT2D eigenvalue weighted by Gasteiger charge is -2.27. The zero-order valence-corrected chi connectivity index (χ0v) is 14.3. The van der Waals surface area contributed by atoms with E-state index in [-0.39, 0.29) is 11.8 Å². The smallest absolute Gasteiger partial charge is 0.223 e. The van der Waals surface area contributed by atoms with Crippen LogP contribution in [-0.2, 0) is 11.3 Å². The van der Waals surface area contributed by atoms with E-state index in [2.05, 4.69) is 17.6 Å². The first-order valence-corrected chi connectivity index (χ1v) is 7.89. The van der Waals surface area contributed by atoms with E-state index >= 15 is 0 Å². The number of carbonyl (C=O) groups is 1. The van der Waals surface area contributed by atoms with Gasteiger partial charge in [0.05, 0.1) is 21.3 Å². The zero-order valence-electron chi connectivity index (χ0n) is 14.3. The van der Waals surface area contributed by atoms with E-state index in [4.69, 9.17) is 14.2 Å². The largest absolute Gasteiger partial charge is 0.493 e. The molecule has 6 heteroatoms. The van der Waals surface area contributed by atoms with Crippen molar-refractivity contribution in [3.8, 4) is 17.2 Å². The number of amides is 1. The summed E-state index contributed by atoms with van der Waals surface area (Å²) in [6.45, 7) is 3.40. The second kappa shape index (κ2) is 8.06. The summed E-state index contributed by atoms with van der Waals surface area (Å²) in [7, 11) is 4.73. The van der Waals surface area contributed by atoms with E-state index < -0.39 is 0 Å². The minimum absolute atomic E-state index is 0.0670. The molecule has 6 nitrogen and oxygen atoms in total. The molecule has 1 fully saturated rings. The van der Waals surface area contributed by atoms with Crippen molar-refractivity contribution in [2.45, 2.75) is 32.4 Å². The van der Waals surface area contributed by atoms with Crippen molar-refractivity contribution in [1.29, 1.82) is 0 Å². The lowest BCUT2D eigenvalue weighted by atomic mass is 9.92. The number of methoxy groups -OCH3 is 3. The Hall–Kier alpha value is -1.95. The quantitative estimate of drug-likeness (QED) is 0.834. The van der Waals surface area contributed by atoms with Crippen LogP contribution in [0, 0.1) is 5.92 Å². The highest BCUT2D eigenvalue weighted by Crippen LogP contribution is 2.39. The van der Waals surface area contributed by atoms with Gasteiger partial charge in [0.2, 0.25) is 11.7 Å². The van der Waals surface area contributed by atoms with Crippen molar-refractivity contribution in [3.63, 3.8) is 0 Å². The molecular weight excluding hydrogens is 296 g/mol. The van der Waals surface area contributed by atoms with E-state index in [1.807, 2.05) is 12.1 Å². The third-order valence-electron chi connectivity index (χ3n) is 4.23. The van der Waals surface area contributed by atoms with Crippen molar-refractivity contribution >= 4 is 5.91 Å². The fourth-order valence-electron chi connectivity index (χ4n) is 3.00. The van der Waals surface area contributed by atoms with Crippen LogP contribution >= 0.6 is 0 Å². The van der Waals surface area contributed by atoms with Crippen molar-refractivity contribution in [2.24, 2.45) is 5.92 Å². The lowest BCUT2D eigenvalue weighted by Crippen LogP contribution is -2.42. The summed E-state index contributed by atoms with van der Waals surface area (Å²) in [5.74, 6) is 1.89. The number of carbonyl (C=O) groups excluding carboxylic acids is 1. The molecule has 0 radical (unpaired) electrons. The van der Waals surface area contributed by atoms with Crippen LogP contribution in [0.15, 0.2) is 12.1 Å². The van der Waals surface area contributed by atoms with Crippen LogP contribution in [0.25, 0.3) is 0 Å².